The number of piperidine rings is 1. The molecule has 1 aromatic carbocycles. The summed E-state index contributed by atoms with van der Waals surface area (Å²) < 4.78 is 5.42. The van der Waals surface area contributed by atoms with E-state index in [1.807, 2.05) is 29.2 Å². The van der Waals surface area contributed by atoms with Gasteiger partial charge in [-0.2, -0.15) is 0 Å². The predicted molar refractivity (Wildman–Crippen MR) is 100 cm³/mol. The van der Waals surface area contributed by atoms with Crippen LogP contribution in [0.2, 0.25) is 0 Å². The van der Waals surface area contributed by atoms with Crippen LogP contribution in [0.4, 0.5) is 11.4 Å². The molecule has 1 saturated carbocycles. The minimum atomic E-state index is -0.179. The lowest BCUT2D eigenvalue weighted by molar-refractivity contribution is -0.134. The van der Waals surface area contributed by atoms with E-state index in [-0.39, 0.29) is 23.7 Å². The Labute approximate surface area is 154 Å². The summed E-state index contributed by atoms with van der Waals surface area (Å²) >= 11 is 0. The lowest BCUT2D eigenvalue weighted by Crippen LogP contribution is -2.37. The van der Waals surface area contributed by atoms with Crippen molar-refractivity contribution < 1.29 is 14.3 Å². The number of hydrogen-bond acceptors (Lipinski definition) is 4. The molecule has 2 saturated heterocycles. The average molecular weight is 357 g/mol. The summed E-state index contributed by atoms with van der Waals surface area (Å²) in [6.45, 7) is 4.76. The Bertz CT molecular complexity index is 666. The topological polar surface area (TPSA) is 61.9 Å². The van der Waals surface area contributed by atoms with E-state index in [1.165, 1.54) is 6.42 Å². The molecule has 0 bridgehead atoms. The van der Waals surface area contributed by atoms with Gasteiger partial charge in [0.1, 0.15) is 0 Å². The molecule has 3 aliphatic rings. The number of hydrogen-bond donors (Lipinski definition) is 1. The molecule has 2 unspecified atom stereocenters. The van der Waals surface area contributed by atoms with Crippen molar-refractivity contribution >= 4 is 23.2 Å². The summed E-state index contributed by atoms with van der Waals surface area (Å²) in [5, 5.41) is 3.07. The molecule has 3 fully saturated rings. The van der Waals surface area contributed by atoms with E-state index in [0.717, 1.165) is 50.4 Å². The summed E-state index contributed by atoms with van der Waals surface area (Å²) in [6.07, 6.45) is 4.06. The van der Waals surface area contributed by atoms with Crippen molar-refractivity contribution in [2.75, 3.05) is 49.6 Å². The highest BCUT2D eigenvalue weighted by atomic mass is 16.5. The number of carbonyl (C=O) groups excluding carboxylic acids is 2. The van der Waals surface area contributed by atoms with E-state index in [9.17, 15) is 9.59 Å². The predicted octanol–water partition coefficient (Wildman–Crippen LogP) is 2.11. The maximum atomic E-state index is 12.7. The first kappa shape index (κ1) is 17.3. The summed E-state index contributed by atoms with van der Waals surface area (Å²) in [6, 6.07) is 7.89. The van der Waals surface area contributed by atoms with Crippen LogP contribution in [-0.4, -0.2) is 56.1 Å². The molecule has 0 aromatic heterocycles. The molecule has 2 aliphatic heterocycles. The number of morpholine rings is 1. The number of para-hydroxylation sites is 2. The van der Waals surface area contributed by atoms with Gasteiger partial charge in [-0.25, -0.2) is 0 Å². The fourth-order valence-corrected chi connectivity index (χ4v) is 3.99. The van der Waals surface area contributed by atoms with Crippen LogP contribution in [0.5, 0.6) is 0 Å². The Morgan fingerprint density at radius 2 is 1.69 bits per heavy atom. The minimum absolute atomic E-state index is 0.0268. The van der Waals surface area contributed by atoms with Crippen LogP contribution >= 0.6 is 0 Å². The van der Waals surface area contributed by atoms with Crippen molar-refractivity contribution in [1.29, 1.82) is 0 Å². The molecule has 2 heterocycles. The Morgan fingerprint density at radius 1 is 0.962 bits per heavy atom. The van der Waals surface area contributed by atoms with Crippen LogP contribution in [-0.2, 0) is 14.3 Å². The lowest BCUT2D eigenvalue weighted by Gasteiger charge is -2.30. The van der Waals surface area contributed by atoms with E-state index in [4.69, 9.17) is 4.74 Å². The van der Waals surface area contributed by atoms with Crippen LogP contribution < -0.4 is 10.2 Å². The molecule has 1 aliphatic carbocycles. The molecule has 140 valence electrons. The normalized spacial score (nSPS) is 25.7. The van der Waals surface area contributed by atoms with Gasteiger partial charge in [0.2, 0.25) is 11.8 Å². The van der Waals surface area contributed by atoms with Gasteiger partial charge in [-0.3, -0.25) is 9.59 Å². The first-order valence-electron chi connectivity index (χ1n) is 9.75. The van der Waals surface area contributed by atoms with E-state index in [1.54, 1.807) is 0 Å². The third-order valence-electron chi connectivity index (χ3n) is 5.63. The number of likely N-dealkylation sites (tertiary alicyclic amines) is 1. The second kappa shape index (κ2) is 7.66. The van der Waals surface area contributed by atoms with Crippen molar-refractivity contribution in [3.05, 3.63) is 24.3 Å². The van der Waals surface area contributed by atoms with Crippen LogP contribution in [0.25, 0.3) is 0 Å². The Balaban J connectivity index is 1.38. The number of carbonyl (C=O) groups is 2. The van der Waals surface area contributed by atoms with Gasteiger partial charge < -0.3 is 19.9 Å². The molecule has 2 amide bonds. The standard InChI is InChI=1S/C20H27N3O3/c24-19(15-14-16(15)20(25)23-8-4-1-5-9-23)21-17-6-2-3-7-18(17)22-10-12-26-13-11-22/h2-3,6-7,15-16H,1,4-5,8-14H2,(H,21,24). The molecule has 0 spiro atoms. The van der Waals surface area contributed by atoms with Gasteiger partial charge in [-0.15, -0.1) is 0 Å². The van der Waals surface area contributed by atoms with Gasteiger partial charge in [0, 0.05) is 26.2 Å². The zero-order valence-corrected chi connectivity index (χ0v) is 15.2. The molecule has 1 aromatic rings. The van der Waals surface area contributed by atoms with Crippen molar-refractivity contribution in [3.63, 3.8) is 0 Å². The van der Waals surface area contributed by atoms with Crippen LogP contribution in [0.1, 0.15) is 25.7 Å². The second-order valence-corrected chi connectivity index (χ2v) is 7.44. The summed E-state index contributed by atoms with van der Waals surface area (Å²) in [4.78, 5) is 29.4. The number of rotatable bonds is 4. The summed E-state index contributed by atoms with van der Waals surface area (Å²) in [5.41, 5.74) is 1.86. The first-order valence-corrected chi connectivity index (χ1v) is 9.75. The largest absolute Gasteiger partial charge is 0.378 e. The number of amides is 2. The quantitative estimate of drug-likeness (QED) is 0.897. The average Bonchev–Trinajstić information content (AvgIpc) is 3.50. The third kappa shape index (κ3) is 3.70. The van der Waals surface area contributed by atoms with Gasteiger partial charge in [-0.05, 0) is 37.8 Å². The molecule has 2 atom stereocenters. The van der Waals surface area contributed by atoms with Crippen molar-refractivity contribution in [1.82, 2.24) is 4.90 Å². The number of nitrogens with one attached hydrogen (secondary N) is 1. The maximum absolute atomic E-state index is 12.7. The van der Waals surface area contributed by atoms with Crippen LogP contribution in [0, 0.1) is 11.8 Å². The van der Waals surface area contributed by atoms with Gasteiger partial charge in [0.25, 0.3) is 0 Å². The highest BCUT2D eigenvalue weighted by Gasteiger charge is 2.49. The van der Waals surface area contributed by atoms with Crippen LogP contribution in [0.3, 0.4) is 0 Å². The fourth-order valence-electron chi connectivity index (χ4n) is 3.99. The molecule has 1 N–H and O–H groups in total. The second-order valence-electron chi connectivity index (χ2n) is 7.44. The first-order chi connectivity index (χ1) is 12.7. The minimum Gasteiger partial charge on any atom is -0.378 e. The maximum Gasteiger partial charge on any atom is 0.228 e. The summed E-state index contributed by atoms with van der Waals surface area (Å²) in [5.74, 6) is -0.154. The van der Waals surface area contributed by atoms with Crippen molar-refractivity contribution in [2.24, 2.45) is 11.8 Å². The van der Waals surface area contributed by atoms with E-state index in [0.29, 0.717) is 19.6 Å². The summed E-state index contributed by atoms with van der Waals surface area (Å²) in [7, 11) is 0. The van der Waals surface area contributed by atoms with E-state index >= 15 is 0 Å². The molecule has 0 radical (unpaired) electrons. The number of anilines is 2. The van der Waals surface area contributed by atoms with E-state index in [2.05, 4.69) is 10.2 Å². The highest BCUT2D eigenvalue weighted by Crippen LogP contribution is 2.41. The van der Waals surface area contributed by atoms with Crippen molar-refractivity contribution in [2.45, 2.75) is 25.7 Å². The lowest BCUT2D eigenvalue weighted by atomic mass is 10.1. The van der Waals surface area contributed by atoms with Gasteiger partial charge in [-0.1, -0.05) is 12.1 Å². The Morgan fingerprint density at radius 3 is 2.46 bits per heavy atom. The molecular weight excluding hydrogens is 330 g/mol. The van der Waals surface area contributed by atoms with Crippen LogP contribution in [0.15, 0.2) is 24.3 Å². The van der Waals surface area contributed by atoms with Gasteiger partial charge >= 0.3 is 0 Å². The number of nitrogens with zero attached hydrogens (tertiary/aromatic N) is 2. The SMILES string of the molecule is O=C(Nc1ccccc1N1CCOCC1)C1CC1C(=O)N1CCCCC1. The fraction of sp³-hybridized carbons (Fsp3) is 0.600. The molecule has 26 heavy (non-hydrogen) atoms. The number of ether oxygens (including phenoxy) is 1. The van der Waals surface area contributed by atoms with Gasteiger partial charge in [0.15, 0.2) is 0 Å². The number of benzene rings is 1. The molecular formula is C20H27N3O3. The molecule has 6 heteroatoms. The Hall–Kier alpha value is -2.08. The smallest absolute Gasteiger partial charge is 0.228 e. The Kier molecular flexibility index (Phi) is 5.11. The molecule has 4 rings (SSSR count). The zero-order valence-electron chi connectivity index (χ0n) is 15.2. The van der Waals surface area contributed by atoms with Crippen molar-refractivity contribution in [3.8, 4) is 0 Å². The zero-order chi connectivity index (χ0) is 17.9. The van der Waals surface area contributed by atoms with E-state index < -0.39 is 0 Å². The molecule has 6 nitrogen and oxygen atoms in total. The van der Waals surface area contributed by atoms with Gasteiger partial charge in [0.05, 0.1) is 36.4 Å². The third-order valence-corrected chi connectivity index (χ3v) is 5.63. The highest BCUT2D eigenvalue weighted by molar-refractivity contribution is 6.01. The monoisotopic (exact) mass is 357 g/mol.